The number of para-hydroxylation sites is 2. The maximum absolute atomic E-state index is 12.3. The van der Waals surface area contributed by atoms with Crippen molar-refractivity contribution in [2.24, 2.45) is 0 Å². The van der Waals surface area contributed by atoms with Crippen LogP contribution in [0.2, 0.25) is 0 Å². The fraction of sp³-hybridized carbons (Fsp3) is 0.0714. The lowest BCUT2D eigenvalue weighted by atomic mass is 9.96. The quantitative estimate of drug-likeness (QED) is 0.247. The second kappa shape index (κ2) is 9.27. The van der Waals surface area contributed by atoms with Crippen LogP contribution in [0.5, 0.6) is 0 Å². The first-order valence-corrected chi connectivity index (χ1v) is 11.3. The van der Waals surface area contributed by atoms with Crippen molar-refractivity contribution in [3.05, 3.63) is 108 Å². The van der Waals surface area contributed by atoms with Crippen LogP contribution in [-0.4, -0.2) is 11.0 Å². The molecule has 162 valence electrons. The summed E-state index contributed by atoms with van der Waals surface area (Å²) in [6, 6.07) is 27.0. The summed E-state index contributed by atoms with van der Waals surface area (Å²) in [6.07, 6.45) is 6.26. The molecule has 0 spiro atoms. The lowest BCUT2D eigenvalue weighted by Crippen LogP contribution is -2.35. The molecule has 0 radical (unpaired) electrons. The van der Waals surface area contributed by atoms with Crippen LogP contribution < -0.4 is 16.0 Å². The number of carbonyl (C=O) groups excluding carboxylic acids is 1. The van der Waals surface area contributed by atoms with Crippen LogP contribution in [0.4, 0.5) is 11.4 Å². The number of nitrogens with one attached hydrogen (secondary N) is 3. The zero-order valence-corrected chi connectivity index (χ0v) is 18.8. The summed E-state index contributed by atoms with van der Waals surface area (Å²) in [6.45, 7) is 0.651. The standard InChI is InChI=1S/C28H23N3OS/c32-27(19-9-1-2-10-19)31-28(33)30-26-16-8-7-15-25(26)29-18-24-22-13-5-3-11-20(22)17-21-12-4-6-14-23(21)24/h1-9,11-17,29H,10,18H2,(H2,30,31,32,33). The van der Waals surface area contributed by atoms with Crippen LogP contribution in [0.1, 0.15) is 12.0 Å². The maximum Gasteiger partial charge on any atom is 0.253 e. The Morgan fingerprint density at radius 1 is 0.848 bits per heavy atom. The molecule has 0 fully saturated rings. The molecule has 0 bridgehead atoms. The Morgan fingerprint density at radius 3 is 2.15 bits per heavy atom. The zero-order valence-electron chi connectivity index (χ0n) is 18.0. The van der Waals surface area contributed by atoms with Gasteiger partial charge in [0.1, 0.15) is 0 Å². The average molecular weight is 450 g/mol. The molecule has 0 heterocycles. The number of allylic oxidation sites excluding steroid dienone is 3. The molecule has 1 amide bonds. The van der Waals surface area contributed by atoms with Crippen molar-refractivity contribution in [1.29, 1.82) is 0 Å². The van der Waals surface area contributed by atoms with E-state index in [9.17, 15) is 4.79 Å². The molecule has 1 aliphatic carbocycles. The Bertz CT molecular complexity index is 1380. The molecule has 1 aliphatic rings. The van der Waals surface area contributed by atoms with Gasteiger partial charge in [0.05, 0.1) is 11.4 Å². The number of rotatable bonds is 5. The maximum atomic E-state index is 12.3. The lowest BCUT2D eigenvalue weighted by Gasteiger charge is -2.17. The van der Waals surface area contributed by atoms with Crippen molar-refractivity contribution in [1.82, 2.24) is 5.32 Å². The predicted molar refractivity (Wildman–Crippen MR) is 141 cm³/mol. The summed E-state index contributed by atoms with van der Waals surface area (Å²) < 4.78 is 0. The van der Waals surface area contributed by atoms with Gasteiger partial charge in [-0.25, -0.2) is 0 Å². The molecule has 4 nitrogen and oxygen atoms in total. The monoisotopic (exact) mass is 449 g/mol. The number of hydrogen-bond donors (Lipinski definition) is 3. The fourth-order valence-corrected chi connectivity index (χ4v) is 4.38. The van der Waals surface area contributed by atoms with Gasteiger partial charge in [-0.1, -0.05) is 78.9 Å². The summed E-state index contributed by atoms with van der Waals surface area (Å²) in [7, 11) is 0. The van der Waals surface area contributed by atoms with Crippen molar-refractivity contribution in [2.75, 3.05) is 10.6 Å². The number of anilines is 2. The smallest absolute Gasteiger partial charge is 0.253 e. The second-order valence-electron chi connectivity index (χ2n) is 7.93. The molecular formula is C28H23N3OS. The van der Waals surface area contributed by atoms with Crippen molar-refractivity contribution >= 4 is 56.2 Å². The van der Waals surface area contributed by atoms with E-state index in [4.69, 9.17) is 12.2 Å². The molecule has 0 atom stereocenters. The Morgan fingerprint density at radius 2 is 1.48 bits per heavy atom. The van der Waals surface area contributed by atoms with Crippen LogP contribution in [0.25, 0.3) is 21.5 Å². The lowest BCUT2D eigenvalue weighted by molar-refractivity contribution is -0.116. The third-order valence-corrected chi connectivity index (χ3v) is 6.01. The van der Waals surface area contributed by atoms with Crippen LogP contribution in [0.3, 0.4) is 0 Å². The highest BCUT2D eigenvalue weighted by Crippen LogP contribution is 2.30. The van der Waals surface area contributed by atoms with Gasteiger partial charge in [-0.2, -0.15) is 0 Å². The molecule has 0 aliphatic heterocycles. The van der Waals surface area contributed by atoms with E-state index < -0.39 is 0 Å². The highest BCUT2D eigenvalue weighted by molar-refractivity contribution is 7.80. The van der Waals surface area contributed by atoms with Crippen molar-refractivity contribution in [2.45, 2.75) is 13.0 Å². The van der Waals surface area contributed by atoms with Gasteiger partial charge < -0.3 is 10.6 Å². The molecule has 5 rings (SSSR count). The van der Waals surface area contributed by atoms with Gasteiger partial charge >= 0.3 is 0 Å². The highest BCUT2D eigenvalue weighted by Gasteiger charge is 2.13. The first-order valence-electron chi connectivity index (χ1n) is 10.9. The summed E-state index contributed by atoms with van der Waals surface area (Å²) in [4.78, 5) is 12.3. The fourth-order valence-electron chi connectivity index (χ4n) is 4.18. The highest BCUT2D eigenvalue weighted by atomic mass is 32.1. The van der Waals surface area contributed by atoms with Crippen molar-refractivity contribution in [3.63, 3.8) is 0 Å². The molecule has 0 saturated heterocycles. The first-order chi connectivity index (χ1) is 16.2. The molecule has 0 unspecified atom stereocenters. The number of fused-ring (bicyclic) bond motifs is 2. The summed E-state index contributed by atoms with van der Waals surface area (Å²) in [5.41, 5.74) is 3.67. The predicted octanol–water partition coefficient (Wildman–Crippen LogP) is 6.30. The van der Waals surface area contributed by atoms with E-state index in [1.807, 2.05) is 42.5 Å². The molecule has 33 heavy (non-hydrogen) atoms. The van der Waals surface area contributed by atoms with E-state index in [2.05, 4.69) is 70.5 Å². The number of amides is 1. The van der Waals surface area contributed by atoms with Crippen LogP contribution in [-0.2, 0) is 11.3 Å². The Labute approximate surface area is 198 Å². The number of thiocarbonyl (C=S) groups is 1. The number of carbonyl (C=O) groups is 1. The minimum absolute atomic E-state index is 0.176. The summed E-state index contributed by atoms with van der Waals surface area (Å²) in [5.74, 6) is -0.176. The largest absolute Gasteiger partial charge is 0.379 e. The Balaban J connectivity index is 1.37. The van der Waals surface area contributed by atoms with Crippen molar-refractivity contribution in [3.8, 4) is 0 Å². The number of hydrogen-bond acceptors (Lipinski definition) is 3. The van der Waals surface area contributed by atoms with E-state index >= 15 is 0 Å². The van der Waals surface area contributed by atoms with Gasteiger partial charge in [0.25, 0.3) is 5.91 Å². The third-order valence-electron chi connectivity index (χ3n) is 5.80. The topological polar surface area (TPSA) is 53.2 Å². The van der Waals surface area contributed by atoms with Gasteiger partial charge in [0.15, 0.2) is 5.11 Å². The van der Waals surface area contributed by atoms with Gasteiger partial charge in [-0.15, -0.1) is 0 Å². The normalized spacial score (nSPS) is 12.5. The summed E-state index contributed by atoms with van der Waals surface area (Å²) in [5, 5.41) is 14.7. The Kier molecular flexibility index (Phi) is 5.87. The molecule has 4 aromatic rings. The SMILES string of the molecule is O=C(NC(=S)Nc1ccccc1NCc1c2ccccc2cc2ccccc12)C1=CC=CC1. The van der Waals surface area contributed by atoms with Gasteiger partial charge in [-0.3, -0.25) is 10.1 Å². The third kappa shape index (κ3) is 4.49. The minimum atomic E-state index is -0.176. The molecule has 0 aromatic heterocycles. The number of benzene rings is 4. The molecular weight excluding hydrogens is 426 g/mol. The van der Waals surface area contributed by atoms with Crippen LogP contribution in [0, 0.1) is 0 Å². The molecule has 0 saturated carbocycles. The van der Waals surface area contributed by atoms with E-state index in [0.29, 0.717) is 18.5 Å². The summed E-state index contributed by atoms with van der Waals surface area (Å²) >= 11 is 5.39. The zero-order chi connectivity index (χ0) is 22.6. The Hall–Kier alpha value is -3.96. The first kappa shape index (κ1) is 20.9. The van der Waals surface area contributed by atoms with Gasteiger partial charge in [0, 0.05) is 12.1 Å². The van der Waals surface area contributed by atoms with Crippen LogP contribution >= 0.6 is 12.2 Å². The van der Waals surface area contributed by atoms with Gasteiger partial charge in [0.2, 0.25) is 0 Å². The van der Waals surface area contributed by atoms with E-state index in [1.54, 1.807) is 0 Å². The van der Waals surface area contributed by atoms with Gasteiger partial charge in [-0.05, 0) is 63.9 Å². The van der Waals surface area contributed by atoms with Crippen LogP contribution in [0.15, 0.2) is 103 Å². The van der Waals surface area contributed by atoms with E-state index in [1.165, 1.54) is 27.1 Å². The van der Waals surface area contributed by atoms with E-state index in [-0.39, 0.29) is 11.0 Å². The molecule has 3 N–H and O–H groups in total. The molecule has 4 aromatic carbocycles. The van der Waals surface area contributed by atoms with Crippen molar-refractivity contribution < 1.29 is 4.79 Å². The van der Waals surface area contributed by atoms with E-state index in [0.717, 1.165) is 11.4 Å². The average Bonchev–Trinajstić information content (AvgIpc) is 3.38. The molecule has 5 heteroatoms. The minimum Gasteiger partial charge on any atom is -0.379 e. The second-order valence-corrected chi connectivity index (χ2v) is 8.34.